The zero-order valence-corrected chi connectivity index (χ0v) is 9.80. The summed E-state index contributed by atoms with van der Waals surface area (Å²) in [6, 6.07) is 0. The van der Waals surface area contributed by atoms with Gasteiger partial charge in [0.1, 0.15) is 0 Å². The molecule has 1 saturated carbocycles. The quantitative estimate of drug-likeness (QED) is 0.669. The van der Waals surface area contributed by atoms with Crippen LogP contribution in [0.4, 0.5) is 0 Å². The molecule has 1 nitrogen and oxygen atoms in total. The van der Waals surface area contributed by atoms with E-state index in [2.05, 4.69) is 26.6 Å². The highest BCUT2D eigenvalue weighted by atomic mass is 28.3. The lowest BCUT2D eigenvalue weighted by atomic mass is 10.1. The van der Waals surface area contributed by atoms with Crippen molar-refractivity contribution >= 4 is 8.07 Å². The molecule has 1 rings (SSSR count). The van der Waals surface area contributed by atoms with Crippen molar-refractivity contribution in [1.82, 2.24) is 0 Å². The van der Waals surface area contributed by atoms with Crippen molar-refractivity contribution in [3.05, 3.63) is 0 Å². The number of aliphatic hydroxyl groups excluding tert-OH is 1. The minimum atomic E-state index is -0.938. The van der Waals surface area contributed by atoms with Crippen molar-refractivity contribution in [2.75, 3.05) is 0 Å². The fourth-order valence-corrected chi connectivity index (χ4v) is 4.63. The number of hydrogen-bond acceptors (Lipinski definition) is 1. The van der Waals surface area contributed by atoms with Gasteiger partial charge in [-0.2, -0.15) is 0 Å². The predicted molar refractivity (Wildman–Crippen MR) is 56.1 cm³/mol. The normalized spacial score (nSPS) is 31.8. The summed E-state index contributed by atoms with van der Waals surface area (Å²) in [6.45, 7) is 9.39. The van der Waals surface area contributed by atoms with E-state index in [1.807, 2.05) is 0 Å². The average molecular weight is 186 g/mol. The highest BCUT2D eigenvalue weighted by Gasteiger charge is 2.48. The zero-order chi connectivity index (χ0) is 9.35. The summed E-state index contributed by atoms with van der Waals surface area (Å²) in [5.41, 5.74) is 0.902. The van der Waals surface area contributed by atoms with Gasteiger partial charge in [0.25, 0.3) is 0 Å². The molecule has 0 unspecified atom stereocenters. The molecule has 0 amide bonds. The highest BCUT2D eigenvalue weighted by Crippen LogP contribution is 2.54. The van der Waals surface area contributed by atoms with Crippen LogP contribution in [0.15, 0.2) is 0 Å². The monoisotopic (exact) mass is 186 g/mol. The lowest BCUT2D eigenvalue weighted by molar-refractivity contribution is 0.140. The molecule has 0 aromatic rings. The second-order valence-electron chi connectivity index (χ2n) is 5.23. The molecule has 0 radical (unpaired) electrons. The van der Waals surface area contributed by atoms with Crippen LogP contribution in [0.3, 0.4) is 0 Å². The molecule has 12 heavy (non-hydrogen) atoms. The van der Waals surface area contributed by atoms with Crippen molar-refractivity contribution in [2.45, 2.75) is 57.5 Å². The van der Waals surface area contributed by atoms with Crippen molar-refractivity contribution in [1.29, 1.82) is 0 Å². The topological polar surface area (TPSA) is 20.2 Å². The van der Waals surface area contributed by atoms with Crippen molar-refractivity contribution < 1.29 is 5.11 Å². The SMILES string of the molecule is CCC[C@@H](O)[C@H]1C[C@H]1[Si](C)(C)C. The maximum atomic E-state index is 9.74. The van der Waals surface area contributed by atoms with Crippen molar-refractivity contribution in [2.24, 2.45) is 5.92 Å². The summed E-state index contributed by atoms with van der Waals surface area (Å²) < 4.78 is 0. The van der Waals surface area contributed by atoms with Crippen LogP contribution in [0.5, 0.6) is 0 Å². The molecule has 2 heteroatoms. The van der Waals surface area contributed by atoms with Gasteiger partial charge in [-0.3, -0.25) is 0 Å². The van der Waals surface area contributed by atoms with Crippen molar-refractivity contribution in [3.63, 3.8) is 0 Å². The van der Waals surface area contributed by atoms with Gasteiger partial charge in [0, 0.05) is 8.07 Å². The Morgan fingerprint density at radius 2 is 2.00 bits per heavy atom. The first-order valence-corrected chi connectivity index (χ1v) is 8.72. The number of rotatable bonds is 4. The van der Waals surface area contributed by atoms with E-state index < -0.39 is 8.07 Å². The Morgan fingerprint density at radius 1 is 1.42 bits per heavy atom. The Kier molecular flexibility index (Phi) is 3.00. The van der Waals surface area contributed by atoms with Crippen molar-refractivity contribution in [3.8, 4) is 0 Å². The molecular weight excluding hydrogens is 164 g/mol. The van der Waals surface area contributed by atoms with E-state index in [9.17, 15) is 5.11 Å². The zero-order valence-electron chi connectivity index (χ0n) is 8.80. The summed E-state index contributed by atoms with van der Waals surface area (Å²) in [6.07, 6.45) is 3.44. The molecule has 1 aliphatic rings. The van der Waals surface area contributed by atoms with Gasteiger partial charge in [-0.15, -0.1) is 0 Å². The van der Waals surface area contributed by atoms with Gasteiger partial charge in [0.15, 0.2) is 0 Å². The van der Waals surface area contributed by atoms with Crippen LogP contribution in [-0.4, -0.2) is 19.3 Å². The predicted octanol–water partition coefficient (Wildman–Crippen LogP) is 2.88. The minimum Gasteiger partial charge on any atom is -0.393 e. The summed E-state index contributed by atoms with van der Waals surface area (Å²) in [5.74, 6) is 0.664. The molecule has 0 bridgehead atoms. The largest absolute Gasteiger partial charge is 0.393 e. The summed E-state index contributed by atoms with van der Waals surface area (Å²) in [5, 5.41) is 9.74. The average Bonchev–Trinajstić information content (AvgIpc) is 2.62. The lowest BCUT2D eigenvalue weighted by Crippen LogP contribution is -2.23. The van der Waals surface area contributed by atoms with E-state index in [1.165, 1.54) is 6.42 Å². The van der Waals surface area contributed by atoms with Crippen LogP contribution in [-0.2, 0) is 0 Å². The third-order valence-electron chi connectivity index (χ3n) is 3.03. The lowest BCUT2D eigenvalue weighted by Gasteiger charge is -2.17. The highest BCUT2D eigenvalue weighted by molar-refractivity contribution is 6.78. The fourth-order valence-electron chi connectivity index (χ4n) is 2.15. The van der Waals surface area contributed by atoms with Gasteiger partial charge < -0.3 is 5.11 Å². The molecule has 0 aromatic heterocycles. The molecule has 0 aromatic carbocycles. The van der Waals surface area contributed by atoms with E-state index in [1.54, 1.807) is 0 Å². The third kappa shape index (κ3) is 2.33. The Bertz CT molecular complexity index is 150. The fraction of sp³-hybridized carbons (Fsp3) is 1.00. The van der Waals surface area contributed by atoms with E-state index in [-0.39, 0.29) is 6.10 Å². The maximum absolute atomic E-state index is 9.74. The summed E-state index contributed by atoms with van der Waals surface area (Å²) >= 11 is 0. The standard InChI is InChI=1S/C10H22OSi/c1-5-6-9(11)8-7-10(8)12(2,3)4/h8-11H,5-7H2,1-4H3/t8-,9-,10-/m1/s1. The minimum absolute atomic E-state index is 0.00623. The van der Waals surface area contributed by atoms with Crippen LogP contribution in [0.2, 0.25) is 25.2 Å². The van der Waals surface area contributed by atoms with E-state index >= 15 is 0 Å². The molecule has 0 spiro atoms. The molecule has 0 heterocycles. The van der Waals surface area contributed by atoms with Gasteiger partial charge in [0.05, 0.1) is 6.10 Å². The molecule has 1 fully saturated rings. The van der Waals surface area contributed by atoms with Crippen LogP contribution in [0.1, 0.15) is 26.2 Å². The molecular formula is C10H22OSi. The molecule has 72 valence electrons. The van der Waals surface area contributed by atoms with Gasteiger partial charge in [-0.25, -0.2) is 0 Å². The number of aliphatic hydroxyl groups is 1. The van der Waals surface area contributed by atoms with E-state index in [4.69, 9.17) is 0 Å². The molecule has 3 atom stereocenters. The molecule has 0 saturated heterocycles. The first-order chi connectivity index (χ1) is 5.46. The Balaban J connectivity index is 2.32. The first-order valence-electron chi connectivity index (χ1n) is 5.15. The smallest absolute Gasteiger partial charge is 0.0568 e. The van der Waals surface area contributed by atoms with Crippen LogP contribution in [0, 0.1) is 5.92 Å². The second kappa shape index (κ2) is 3.50. The van der Waals surface area contributed by atoms with Gasteiger partial charge in [-0.1, -0.05) is 33.0 Å². The van der Waals surface area contributed by atoms with Gasteiger partial charge >= 0.3 is 0 Å². The summed E-state index contributed by atoms with van der Waals surface area (Å²) in [4.78, 5) is 0. The Morgan fingerprint density at radius 3 is 2.33 bits per heavy atom. The number of hydrogen-bond donors (Lipinski definition) is 1. The first kappa shape index (κ1) is 10.3. The molecule has 1 N–H and O–H groups in total. The van der Waals surface area contributed by atoms with Crippen LogP contribution >= 0.6 is 0 Å². The third-order valence-corrected chi connectivity index (χ3v) is 5.92. The van der Waals surface area contributed by atoms with Crippen LogP contribution in [0.25, 0.3) is 0 Å². The van der Waals surface area contributed by atoms with Crippen LogP contribution < -0.4 is 0 Å². The Labute approximate surface area is 77.2 Å². The Hall–Kier alpha value is 0.177. The van der Waals surface area contributed by atoms with Gasteiger partial charge in [0.2, 0.25) is 0 Å². The summed E-state index contributed by atoms with van der Waals surface area (Å²) in [7, 11) is -0.938. The van der Waals surface area contributed by atoms with E-state index in [0.29, 0.717) is 5.92 Å². The molecule has 0 aliphatic heterocycles. The second-order valence-corrected chi connectivity index (χ2v) is 10.7. The maximum Gasteiger partial charge on any atom is 0.0568 e. The van der Waals surface area contributed by atoms with Gasteiger partial charge in [-0.05, 0) is 24.3 Å². The van der Waals surface area contributed by atoms with E-state index in [0.717, 1.165) is 18.4 Å². The molecule has 1 aliphatic carbocycles.